The molecule has 3 N–H and O–H groups in total. The molecular weight excluding hydrogens is 246 g/mol. The van der Waals surface area contributed by atoms with Gasteiger partial charge in [-0.25, -0.2) is 0 Å². The SMILES string of the molecule is CC[C@@H](N)C(=O)Nc1ccc(SC(F)F)cc1. The van der Waals surface area contributed by atoms with E-state index in [0.29, 0.717) is 28.8 Å². The minimum Gasteiger partial charge on any atom is -0.325 e. The van der Waals surface area contributed by atoms with Gasteiger partial charge in [-0.2, -0.15) is 8.78 Å². The lowest BCUT2D eigenvalue weighted by Gasteiger charge is -2.10. The highest BCUT2D eigenvalue weighted by Crippen LogP contribution is 2.26. The van der Waals surface area contributed by atoms with Gasteiger partial charge in [0.1, 0.15) is 0 Å². The Labute approximate surface area is 103 Å². The van der Waals surface area contributed by atoms with Gasteiger partial charge in [0, 0.05) is 10.6 Å². The van der Waals surface area contributed by atoms with Crippen molar-refractivity contribution in [1.82, 2.24) is 0 Å². The summed E-state index contributed by atoms with van der Waals surface area (Å²) in [5.74, 6) is -2.72. The van der Waals surface area contributed by atoms with Crippen LogP contribution < -0.4 is 11.1 Å². The molecular formula is C11H14F2N2OS. The summed E-state index contributed by atoms with van der Waals surface area (Å²) < 4.78 is 24.1. The molecule has 1 atom stereocenters. The van der Waals surface area contributed by atoms with E-state index in [0.717, 1.165) is 0 Å². The van der Waals surface area contributed by atoms with Crippen molar-refractivity contribution in [3.05, 3.63) is 24.3 Å². The summed E-state index contributed by atoms with van der Waals surface area (Å²) in [6.07, 6.45) is 0.547. The molecule has 0 heterocycles. The molecule has 0 aromatic heterocycles. The predicted octanol–water partition coefficient (Wildman–Crippen LogP) is 2.68. The summed E-state index contributed by atoms with van der Waals surface area (Å²) >= 11 is 0.466. The van der Waals surface area contributed by atoms with Crippen LogP contribution in [0.2, 0.25) is 0 Å². The fourth-order valence-electron chi connectivity index (χ4n) is 1.14. The first-order valence-corrected chi connectivity index (χ1v) is 6.02. The Morgan fingerprint density at radius 3 is 2.47 bits per heavy atom. The molecule has 0 aliphatic carbocycles. The number of nitrogens with two attached hydrogens (primary N) is 1. The van der Waals surface area contributed by atoms with Crippen molar-refractivity contribution in [1.29, 1.82) is 0 Å². The highest BCUT2D eigenvalue weighted by atomic mass is 32.2. The fourth-order valence-corrected chi connectivity index (χ4v) is 1.64. The zero-order valence-electron chi connectivity index (χ0n) is 9.32. The number of carbonyl (C=O) groups excluding carboxylic acids is 1. The lowest BCUT2D eigenvalue weighted by Crippen LogP contribution is -2.34. The van der Waals surface area contributed by atoms with Crippen molar-refractivity contribution in [3.63, 3.8) is 0 Å². The molecule has 94 valence electrons. The number of hydrogen-bond acceptors (Lipinski definition) is 3. The van der Waals surface area contributed by atoms with Gasteiger partial charge in [0.05, 0.1) is 6.04 Å². The normalized spacial score (nSPS) is 12.5. The molecule has 0 unspecified atom stereocenters. The topological polar surface area (TPSA) is 55.1 Å². The molecule has 1 aromatic carbocycles. The molecule has 0 aliphatic rings. The summed E-state index contributed by atoms with van der Waals surface area (Å²) in [6.45, 7) is 1.81. The number of hydrogen-bond donors (Lipinski definition) is 2. The lowest BCUT2D eigenvalue weighted by molar-refractivity contribution is -0.117. The van der Waals surface area contributed by atoms with E-state index in [9.17, 15) is 13.6 Å². The molecule has 0 bridgehead atoms. The Kier molecular flexibility index (Phi) is 5.37. The number of amides is 1. The molecule has 0 saturated carbocycles. The van der Waals surface area contributed by atoms with Crippen LogP contribution in [-0.2, 0) is 4.79 Å². The first-order chi connectivity index (χ1) is 8.02. The largest absolute Gasteiger partial charge is 0.325 e. The minimum atomic E-state index is -2.44. The molecule has 0 spiro atoms. The number of nitrogens with one attached hydrogen (secondary N) is 1. The van der Waals surface area contributed by atoms with Crippen LogP contribution in [0, 0.1) is 0 Å². The van der Waals surface area contributed by atoms with Gasteiger partial charge in [0.25, 0.3) is 5.76 Å². The molecule has 3 nitrogen and oxygen atoms in total. The summed E-state index contributed by atoms with van der Waals surface area (Å²) in [4.78, 5) is 11.9. The van der Waals surface area contributed by atoms with Crippen molar-refractivity contribution in [2.45, 2.75) is 30.0 Å². The zero-order valence-corrected chi connectivity index (χ0v) is 10.1. The maximum Gasteiger partial charge on any atom is 0.288 e. The van der Waals surface area contributed by atoms with Crippen molar-refractivity contribution in [2.75, 3.05) is 5.32 Å². The second-order valence-electron chi connectivity index (χ2n) is 3.41. The Hall–Kier alpha value is -1.14. The number of benzene rings is 1. The number of alkyl halides is 2. The summed E-state index contributed by atoms with van der Waals surface area (Å²) in [5.41, 5.74) is 6.10. The number of thioether (sulfide) groups is 1. The van der Waals surface area contributed by atoms with Crippen LogP contribution in [0.5, 0.6) is 0 Å². The predicted molar refractivity (Wildman–Crippen MR) is 65.2 cm³/mol. The van der Waals surface area contributed by atoms with Gasteiger partial charge in [0.15, 0.2) is 0 Å². The standard InChI is InChI=1S/C11H14F2N2OS/c1-2-9(14)10(16)15-7-3-5-8(6-4-7)17-11(12)13/h3-6,9,11H,2,14H2,1H3,(H,15,16)/t9-/m1/s1. The number of anilines is 1. The van der Waals surface area contributed by atoms with Crippen LogP contribution >= 0.6 is 11.8 Å². The maximum atomic E-state index is 12.1. The average molecular weight is 260 g/mol. The van der Waals surface area contributed by atoms with Gasteiger partial charge in [0.2, 0.25) is 5.91 Å². The molecule has 0 radical (unpaired) electrons. The molecule has 1 rings (SSSR count). The lowest BCUT2D eigenvalue weighted by atomic mass is 10.2. The molecule has 6 heteroatoms. The van der Waals surface area contributed by atoms with Crippen LogP contribution in [0.3, 0.4) is 0 Å². The van der Waals surface area contributed by atoms with Gasteiger partial charge >= 0.3 is 0 Å². The third-order valence-electron chi connectivity index (χ3n) is 2.12. The second kappa shape index (κ2) is 6.56. The van der Waals surface area contributed by atoms with Gasteiger partial charge in [-0.05, 0) is 30.7 Å². The van der Waals surface area contributed by atoms with Crippen LogP contribution in [0.1, 0.15) is 13.3 Å². The highest BCUT2D eigenvalue weighted by molar-refractivity contribution is 7.99. The summed E-state index contributed by atoms with van der Waals surface area (Å²) in [5, 5.41) is 2.61. The molecule has 1 aromatic rings. The van der Waals surface area contributed by atoms with E-state index in [-0.39, 0.29) is 5.91 Å². The van der Waals surface area contributed by atoms with E-state index in [1.54, 1.807) is 12.1 Å². The van der Waals surface area contributed by atoms with E-state index < -0.39 is 11.8 Å². The number of rotatable bonds is 5. The zero-order chi connectivity index (χ0) is 12.8. The van der Waals surface area contributed by atoms with Crippen LogP contribution in [0.15, 0.2) is 29.2 Å². The van der Waals surface area contributed by atoms with Gasteiger partial charge in [-0.15, -0.1) is 0 Å². The van der Waals surface area contributed by atoms with E-state index in [1.807, 2.05) is 6.92 Å². The van der Waals surface area contributed by atoms with Crippen molar-refractivity contribution in [3.8, 4) is 0 Å². The van der Waals surface area contributed by atoms with Gasteiger partial charge in [-0.1, -0.05) is 18.7 Å². The van der Waals surface area contributed by atoms with E-state index >= 15 is 0 Å². The van der Waals surface area contributed by atoms with E-state index in [1.165, 1.54) is 12.1 Å². The molecule has 17 heavy (non-hydrogen) atoms. The summed E-state index contributed by atoms with van der Waals surface area (Å²) in [6, 6.07) is 5.66. The van der Waals surface area contributed by atoms with Crippen LogP contribution in [0.25, 0.3) is 0 Å². The molecule has 0 aliphatic heterocycles. The Bertz CT molecular complexity index is 370. The molecule has 0 saturated heterocycles. The highest BCUT2D eigenvalue weighted by Gasteiger charge is 2.11. The Morgan fingerprint density at radius 1 is 1.41 bits per heavy atom. The monoisotopic (exact) mass is 260 g/mol. The average Bonchev–Trinajstić information content (AvgIpc) is 2.30. The van der Waals surface area contributed by atoms with Gasteiger partial charge in [-0.3, -0.25) is 4.79 Å². The summed E-state index contributed by atoms with van der Waals surface area (Å²) in [7, 11) is 0. The Morgan fingerprint density at radius 2 is 2.00 bits per heavy atom. The first-order valence-electron chi connectivity index (χ1n) is 5.14. The van der Waals surface area contributed by atoms with Gasteiger partial charge < -0.3 is 11.1 Å². The maximum absolute atomic E-state index is 12.1. The van der Waals surface area contributed by atoms with Crippen molar-refractivity contribution in [2.24, 2.45) is 5.73 Å². The first kappa shape index (κ1) is 13.9. The van der Waals surface area contributed by atoms with Crippen molar-refractivity contribution >= 4 is 23.4 Å². The van der Waals surface area contributed by atoms with Crippen LogP contribution in [0.4, 0.5) is 14.5 Å². The number of halogens is 2. The fraction of sp³-hybridized carbons (Fsp3) is 0.364. The van der Waals surface area contributed by atoms with E-state index in [4.69, 9.17) is 5.73 Å². The third-order valence-corrected chi connectivity index (χ3v) is 2.85. The second-order valence-corrected chi connectivity index (χ2v) is 4.47. The molecule has 1 amide bonds. The molecule has 0 fully saturated rings. The smallest absolute Gasteiger partial charge is 0.288 e. The third kappa shape index (κ3) is 4.70. The number of carbonyl (C=O) groups is 1. The van der Waals surface area contributed by atoms with Crippen molar-refractivity contribution < 1.29 is 13.6 Å². The minimum absolute atomic E-state index is 0.276. The quantitative estimate of drug-likeness (QED) is 0.800. The van der Waals surface area contributed by atoms with E-state index in [2.05, 4.69) is 5.32 Å². The van der Waals surface area contributed by atoms with Crippen LogP contribution in [-0.4, -0.2) is 17.7 Å². The Balaban J connectivity index is 2.59.